The van der Waals surface area contributed by atoms with E-state index in [1.54, 1.807) is 0 Å². The fourth-order valence-electron chi connectivity index (χ4n) is 6.67. The highest BCUT2D eigenvalue weighted by atomic mass is 14.2. The van der Waals surface area contributed by atoms with Crippen molar-refractivity contribution in [2.45, 2.75) is 0 Å². The highest BCUT2D eigenvalue weighted by Gasteiger charge is 2.14. The molecule has 9 rings (SSSR count). The molecule has 0 bridgehead atoms. The Hall–Kier alpha value is -5.46. The fraction of sp³-hybridized carbons (Fsp3) is 0. The minimum Gasteiger partial charge on any atom is -0.0616 e. The van der Waals surface area contributed by atoms with Crippen molar-refractivity contribution >= 4 is 64.6 Å². The zero-order valence-electron chi connectivity index (χ0n) is 26.7. The smallest absolute Gasteiger partial charge is 0.0616 e. The molecule has 0 radical (unpaired) electrons. The van der Waals surface area contributed by atoms with E-state index < -0.39 is 0 Å². The van der Waals surface area contributed by atoms with Gasteiger partial charge in [-0.3, -0.25) is 0 Å². The number of hydrogen-bond donors (Lipinski definition) is 0. The van der Waals surface area contributed by atoms with E-state index in [-0.39, 0.29) is 24.2 Å². The Morgan fingerprint density at radius 1 is 0.310 bits per heavy atom. The first kappa shape index (κ1) is 19.6. The van der Waals surface area contributed by atoms with Crippen LogP contribution in [0.15, 0.2) is 158 Å². The second-order valence-electron chi connectivity index (χ2n) is 11.0. The normalized spacial score (nSPS) is 13.1. The summed E-state index contributed by atoms with van der Waals surface area (Å²) in [5.41, 5.74) is 2.08. The van der Waals surface area contributed by atoms with Crippen LogP contribution in [-0.4, -0.2) is 0 Å². The molecule has 0 aliphatic carbocycles. The van der Waals surface area contributed by atoms with Gasteiger partial charge in [-0.1, -0.05) is 133 Å². The van der Waals surface area contributed by atoms with Crippen molar-refractivity contribution in [3.63, 3.8) is 0 Å². The lowest BCUT2D eigenvalue weighted by Gasteiger charge is -2.15. The summed E-state index contributed by atoms with van der Waals surface area (Å²) in [6, 6.07) is 45.1. The summed E-state index contributed by atoms with van der Waals surface area (Å²) in [5, 5.41) is 12.3. The maximum Gasteiger partial charge on any atom is 0.0629 e. The van der Waals surface area contributed by atoms with Crippen LogP contribution >= 0.6 is 0 Å². The molecule has 0 aliphatic rings. The van der Waals surface area contributed by atoms with Crippen LogP contribution in [0.2, 0.25) is 0 Å². The third kappa shape index (κ3) is 3.49. The van der Waals surface area contributed by atoms with Crippen molar-refractivity contribution in [3.8, 4) is 22.3 Å². The molecule has 0 atom stereocenters. The summed E-state index contributed by atoms with van der Waals surface area (Å²) in [6.45, 7) is 0. The number of hydrogen-bond acceptors (Lipinski definition) is 0. The standard InChI is InChI=1S/C42H26/c1-2-11-31-24-40-33(23-30(31)10-1)26-39(36-15-7-8-16-37(36)40)28-17-19-29(20-18-28)42-35-14-6-4-12-32(35)25-41-34-13-5-3-9-27(34)21-22-38(41)42/h1-26H/i17D,18D,19D,20D. The first-order valence-corrected chi connectivity index (χ1v) is 14.3. The summed E-state index contributed by atoms with van der Waals surface area (Å²) in [4.78, 5) is 0. The topological polar surface area (TPSA) is 0 Å². The lowest BCUT2D eigenvalue weighted by atomic mass is 9.88. The molecule has 0 unspecified atom stereocenters. The van der Waals surface area contributed by atoms with Crippen molar-refractivity contribution in [2.75, 3.05) is 0 Å². The maximum absolute atomic E-state index is 9.46. The molecule has 0 N–H and O–H groups in total. The average Bonchev–Trinajstić information content (AvgIpc) is 3.10. The van der Waals surface area contributed by atoms with Gasteiger partial charge < -0.3 is 0 Å². The quantitative estimate of drug-likeness (QED) is 0.153. The Balaban J connectivity index is 1.38. The Morgan fingerprint density at radius 2 is 0.881 bits per heavy atom. The molecule has 9 aromatic carbocycles. The Bertz CT molecular complexity index is 2710. The molecule has 0 nitrogen and oxygen atoms in total. The van der Waals surface area contributed by atoms with Gasteiger partial charge in [-0.05, 0) is 111 Å². The third-order valence-corrected chi connectivity index (χ3v) is 8.64. The fourth-order valence-corrected chi connectivity index (χ4v) is 6.67. The van der Waals surface area contributed by atoms with Crippen molar-refractivity contribution in [3.05, 3.63) is 158 Å². The van der Waals surface area contributed by atoms with E-state index in [9.17, 15) is 5.48 Å². The van der Waals surface area contributed by atoms with Gasteiger partial charge in [0.05, 0.1) is 5.48 Å². The zero-order chi connectivity index (χ0) is 31.1. The second kappa shape index (κ2) is 9.03. The monoisotopic (exact) mass is 534 g/mol. The molecular formula is C42H26. The van der Waals surface area contributed by atoms with Crippen LogP contribution in [0.1, 0.15) is 5.48 Å². The average molecular weight is 535 g/mol. The lowest BCUT2D eigenvalue weighted by molar-refractivity contribution is 1.65. The second-order valence-corrected chi connectivity index (χ2v) is 11.0. The van der Waals surface area contributed by atoms with Crippen molar-refractivity contribution < 1.29 is 5.48 Å². The molecule has 194 valence electrons. The molecule has 0 saturated heterocycles. The SMILES string of the molecule is [2H]c1c([2H])c(-c2c3ccccc3cc3c2ccc2ccccc23)c([2H])c([2H])c1-c1cc2cc3ccccc3cc2c2ccccc12. The lowest BCUT2D eigenvalue weighted by Crippen LogP contribution is -1.88. The molecule has 0 amide bonds. The zero-order valence-corrected chi connectivity index (χ0v) is 22.7. The van der Waals surface area contributed by atoms with E-state index in [0.717, 1.165) is 70.2 Å². The van der Waals surface area contributed by atoms with E-state index in [1.807, 2.05) is 66.7 Å². The van der Waals surface area contributed by atoms with Gasteiger partial charge >= 0.3 is 0 Å². The van der Waals surface area contributed by atoms with Gasteiger partial charge in [0.25, 0.3) is 0 Å². The number of fused-ring (bicyclic) bond motifs is 8. The van der Waals surface area contributed by atoms with E-state index in [4.69, 9.17) is 0 Å². The van der Waals surface area contributed by atoms with E-state index in [1.165, 1.54) is 0 Å². The summed E-state index contributed by atoms with van der Waals surface area (Å²) in [5.74, 6) is 0. The van der Waals surface area contributed by atoms with Crippen LogP contribution in [-0.2, 0) is 0 Å². The molecular weight excluding hydrogens is 504 g/mol. The Labute approximate surface area is 249 Å². The number of benzene rings is 9. The van der Waals surface area contributed by atoms with E-state index in [0.29, 0.717) is 16.7 Å². The molecule has 0 heterocycles. The highest BCUT2D eigenvalue weighted by Crippen LogP contribution is 2.41. The van der Waals surface area contributed by atoms with Gasteiger partial charge in [-0.25, -0.2) is 0 Å². The van der Waals surface area contributed by atoms with Gasteiger partial charge in [0.15, 0.2) is 0 Å². The van der Waals surface area contributed by atoms with Crippen LogP contribution in [0.4, 0.5) is 0 Å². The Kier molecular flexibility index (Phi) is 4.21. The van der Waals surface area contributed by atoms with Crippen LogP contribution in [0.5, 0.6) is 0 Å². The molecule has 0 spiro atoms. The van der Waals surface area contributed by atoms with Crippen molar-refractivity contribution in [1.82, 2.24) is 0 Å². The summed E-state index contributed by atoms with van der Waals surface area (Å²) in [6.07, 6.45) is 0. The highest BCUT2D eigenvalue weighted by molar-refractivity contribution is 6.20. The molecule has 42 heavy (non-hydrogen) atoms. The molecule has 0 aromatic heterocycles. The molecule has 0 aliphatic heterocycles. The van der Waals surface area contributed by atoms with Crippen molar-refractivity contribution in [2.24, 2.45) is 0 Å². The molecule has 0 fully saturated rings. The van der Waals surface area contributed by atoms with Crippen LogP contribution in [0, 0.1) is 0 Å². The summed E-state index contributed by atoms with van der Waals surface area (Å²) in [7, 11) is 0. The minimum atomic E-state index is -0.0387. The number of rotatable bonds is 2. The predicted octanol–water partition coefficient (Wildman–Crippen LogP) is 11.9. The third-order valence-electron chi connectivity index (χ3n) is 8.64. The minimum absolute atomic E-state index is 0.0375. The van der Waals surface area contributed by atoms with Gasteiger partial charge in [0, 0.05) is 0 Å². The molecule has 9 aromatic rings. The van der Waals surface area contributed by atoms with Gasteiger partial charge in [0.1, 0.15) is 0 Å². The molecule has 0 heteroatoms. The first-order valence-electron chi connectivity index (χ1n) is 16.3. The van der Waals surface area contributed by atoms with Crippen LogP contribution in [0.25, 0.3) is 86.9 Å². The van der Waals surface area contributed by atoms with Crippen LogP contribution in [0.3, 0.4) is 0 Å². The maximum atomic E-state index is 9.46. The van der Waals surface area contributed by atoms with Crippen molar-refractivity contribution in [1.29, 1.82) is 0 Å². The largest absolute Gasteiger partial charge is 0.0629 e. The predicted molar refractivity (Wildman–Crippen MR) is 182 cm³/mol. The van der Waals surface area contributed by atoms with Gasteiger partial charge in [0.2, 0.25) is 0 Å². The van der Waals surface area contributed by atoms with Gasteiger partial charge in [-0.2, -0.15) is 0 Å². The summed E-state index contributed by atoms with van der Waals surface area (Å²) >= 11 is 0. The Morgan fingerprint density at radius 3 is 1.67 bits per heavy atom. The first-order chi connectivity index (χ1) is 22.5. The molecule has 0 saturated carbocycles. The van der Waals surface area contributed by atoms with E-state index >= 15 is 0 Å². The van der Waals surface area contributed by atoms with Crippen LogP contribution < -0.4 is 0 Å². The summed E-state index contributed by atoms with van der Waals surface area (Å²) < 4.78 is 37.8. The van der Waals surface area contributed by atoms with Gasteiger partial charge in [-0.15, -0.1) is 0 Å². The van der Waals surface area contributed by atoms with E-state index in [2.05, 4.69) is 66.7 Å².